The molecule has 0 aliphatic carbocycles. The molecule has 0 fully saturated rings. The number of fused-ring (bicyclic) bond motifs is 1. The second-order valence-corrected chi connectivity index (χ2v) is 9.25. The molecular formula is C16H22BrN3O3S. The van der Waals surface area contributed by atoms with E-state index >= 15 is 0 Å². The first-order chi connectivity index (χ1) is 11.2. The number of pyridine rings is 1. The molecule has 2 rings (SSSR count). The summed E-state index contributed by atoms with van der Waals surface area (Å²) in [6.45, 7) is 7.71. The van der Waals surface area contributed by atoms with E-state index in [0.29, 0.717) is 12.3 Å². The molecule has 2 aromatic rings. The molecular weight excluding hydrogens is 394 g/mol. The predicted octanol–water partition coefficient (Wildman–Crippen LogP) is 3.14. The van der Waals surface area contributed by atoms with Crippen LogP contribution in [0.5, 0.6) is 0 Å². The van der Waals surface area contributed by atoms with Gasteiger partial charge in [0.2, 0.25) is 0 Å². The van der Waals surface area contributed by atoms with E-state index < -0.39 is 22.2 Å². The number of carbonyl (C=O) groups excluding carboxylic acids is 1. The highest BCUT2D eigenvalue weighted by molar-refractivity contribution is 9.10. The smallest absolute Gasteiger partial charge is 0.307 e. The molecule has 6 nitrogen and oxygen atoms in total. The Balaban J connectivity index is 2.39. The number of hydrogen-bond acceptors (Lipinski definition) is 5. The first-order valence-electron chi connectivity index (χ1n) is 7.68. The molecule has 2 unspecified atom stereocenters. The van der Waals surface area contributed by atoms with Gasteiger partial charge < -0.3 is 13.7 Å². The van der Waals surface area contributed by atoms with Crippen molar-refractivity contribution in [3.63, 3.8) is 0 Å². The summed E-state index contributed by atoms with van der Waals surface area (Å²) in [5, 5.41) is 0. The number of aromatic nitrogens is 2. The van der Waals surface area contributed by atoms with Crippen molar-refractivity contribution in [1.29, 1.82) is 0 Å². The Morgan fingerprint density at radius 1 is 1.54 bits per heavy atom. The molecule has 0 radical (unpaired) electrons. The maximum Gasteiger partial charge on any atom is 0.307 e. The Morgan fingerprint density at radius 2 is 2.25 bits per heavy atom. The van der Waals surface area contributed by atoms with Gasteiger partial charge in [0, 0.05) is 40.0 Å². The molecule has 0 amide bonds. The highest BCUT2D eigenvalue weighted by atomic mass is 79.9. The van der Waals surface area contributed by atoms with Gasteiger partial charge in [-0.05, 0) is 49.7 Å². The largest absolute Gasteiger partial charge is 0.598 e. The quantitative estimate of drug-likeness (QED) is 0.578. The molecule has 0 bridgehead atoms. The molecule has 0 aromatic carbocycles. The van der Waals surface area contributed by atoms with Gasteiger partial charge >= 0.3 is 5.97 Å². The van der Waals surface area contributed by atoms with E-state index in [1.165, 1.54) is 0 Å². The number of esters is 1. The third kappa shape index (κ3) is 4.72. The highest BCUT2D eigenvalue weighted by Gasteiger charge is 2.32. The normalized spacial score (nSPS) is 14.6. The van der Waals surface area contributed by atoms with Crippen LogP contribution in [0.1, 0.15) is 45.7 Å². The molecule has 2 aromatic heterocycles. The number of imidazole rings is 1. The SMILES string of the molecule is CCOC(=O)CC(N[S+]([O-])C(C)(C)C)c1cc(Br)cn2ccnc12. The van der Waals surface area contributed by atoms with E-state index in [1.807, 2.05) is 43.6 Å². The fourth-order valence-corrected chi connectivity index (χ4v) is 3.48. The van der Waals surface area contributed by atoms with E-state index in [0.717, 1.165) is 10.0 Å². The lowest BCUT2D eigenvalue weighted by Gasteiger charge is -2.28. The van der Waals surface area contributed by atoms with Crippen molar-refractivity contribution in [3.8, 4) is 0 Å². The van der Waals surface area contributed by atoms with Gasteiger partial charge in [0.1, 0.15) is 10.4 Å². The minimum atomic E-state index is -1.34. The summed E-state index contributed by atoms with van der Waals surface area (Å²) in [6.07, 6.45) is 5.47. The maximum atomic E-state index is 12.6. The van der Waals surface area contributed by atoms with Crippen LogP contribution in [0.2, 0.25) is 0 Å². The molecule has 1 N–H and O–H groups in total. The summed E-state index contributed by atoms with van der Waals surface area (Å²) in [4.78, 5) is 16.4. The summed E-state index contributed by atoms with van der Waals surface area (Å²) in [6, 6.07) is 1.42. The average Bonchev–Trinajstić information content (AvgIpc) is 2.92. The first kappa shape index (κ1) is 19.2. The maximum absolute atomic E-state index is 12.6. The van der Waals surface area contributed by atoms with Crippen molar-refractivity contribution in [3.05, 3.63) is 34.7 Å². The fraction of sp³-hybridized carbons (Fsp3) is 0.500. The number of rotatable bonds is 6. The van der Waals surface area contributed by atoms with Crippen molar-refractivity contribution in [1.82, 2.24) is 14.1 Å². The molecule has 0 aliphatic heterocycles. The number of carbonyl (C=O) groups is 1. The lowest BCUT2D eigenvalue weighted by atomic mass is 10.1. The summed E-state index contributed by atoms with van der Waals surface area (Å²) < 4.78 is 22.9. The number of halogens is 1. The van der Waals surface area contributed by atoms with Crippen LogP contribution >= 0.6 is 15.9 Å². The van der Waals surface area contributed by atoms with E-state index in [-0.39, 0.29) is 12.4 Å². The van der Waals surface area contributed by atoms with Gasteiger partial charge in [0.05, 0.1) is 19.1 Å². The summed E-state index contributed by atoms with van der Waals surface area (Å²) in [5.41, 5.74) is 1.51. The Morgan fingerprint density at radius 3 is 2.88 bits per heavy atom. The van der Waals surface area contributed by atoms with Crippen LogP contribution in [0.3, 0.4) is 0 Å². The van der Waals surface area contributed by atoms with Crippen LogP contribution in [0, 0.1) is 0 Å². The second kappa shape index (κ2) is 7.86. The molecule has 24 heavy (non-hydrogen) atoms. The zero-order chi connectivity index (χ0) is 17.9. The first-order valence-corrected chi connectivity index (χ1v) is 9.62. The van der Waals surface area contributed by atoms with Crippen LogP contribution < -0.4 is 4.72 Å². The van der Waals surface area contributed by atoms with Gasteiger partial charge in [-0.3, -0.25) is 4.79 Å². The molecule has 0 spiro atoms. The molecule has 132 valence electrons. The predicted molar refractivity (Wildman–Crippen MR) is 97.9 cm³/mol. The van der Waals surface area contributed by atoms with Crippen molar-refractivity contribution in [2.24, 2.45) is 0 Å². The Bertz CT molecular complexity index is 714. The molecule has 8 heteroatoms. The molecule has 2 heterocycles. The Kier molecular flexibility index (Phi) is 6.30. The van der Waals surface area contributed by atoms with Crippen LogP contribution in [0.15, 0.2) is 29.1 Å². The van der Waals surface area contributed by atoms with E-state index in [4.69, 9.17) is 4.74 Å². The number of nitrogens with one attached hydrogen (secondary N) is 1. The van der Waals surface area contributed by atoms with E-state index in [1.54, 1.807) is 13.1 Å². The van der Waals surface area contributed by atoms with Crippen LogP contribution in [0.25, 0.3) is 5.65 Å². The van der Waals surface area contributed by atoms with Gasteiger partial charge in [-0.1, -0.05) is 0 Å². The molecule has 2 atom stereocenters. The third-order valence-corrected chi connectivity index (χ3v) is 5.38. The lowest BCUT2D eigenvalue weighted by molar-refractivity contribution is -0.143. The van der Waals surface area contributed by atoms with Gasteiger partial charge in [0.25, 0.3) is 0 Å². The molecule has 0 aliphatic rings. The van der Waals surface area contributed by atoms with E-state index in [2.05, 4.69) is 25.6 Å². The van der Waals surface area contributed by atoms with Crippen molar-refractivity contribution < 1.29 is 14.1 Å². The van der Waals surface area contributed by atoms with Gasteiger partial charge in [0.15, 0.2) is 0 Å². The van der Waals surface area contributed by atoms with Crippen LogP contribution in [0.4, 0.5) is 0 Å². The van der Waals surface area contributed by atoms with Crippen LogP contribution in [-0.2, 0) is 20.9 Å². The van der Waals surface area contributed by atoms with E-state index in [9.17, 15) is 9.35 Å². The van der Waals surface area contributed by atoms with Crippen molar-refractivity contribution >= 4 is 38.9 Å². The van der Waals surface area contributed by atoms with Crippen molar-refractivity contribution in [2.75, 3.05) is 6.61 Å². The van der Waals surface area contributed by atoms with Gasteiger partial charge in [-0.15, -0.1) is 4.72 Å². The summed E-state index contributed by atoms with van der Waals surface area (Å²) in [7, 11) is 0. The Labute approximate surface area is 153 Å². The third-order valence-electron chi connectivity index (χ3n) is 3.34. The molecule has 0 saturated carbocycles. The lowest BCUT2D eigenvalue weighted by Crippen LogP contribution is -2.42. The minimum Gasteiger partial charge on any atom is -0.598 e. The number of hydrogen-bond donors (Lipinski definition) is 1. The summed E-state index contributed by atoms with van der Waals surface area (Å²) in [5.74, 6) is -0.342. The number of nitrogens with zero attached hydrogens (tertiary/aromatic N) is 2. The van der Waals surface area contributed by atoms with Crippen molar-refractivity contribution in [2.45, 2.75) is 44.9 Å². The monoisotopic (exact) mass is 415 g/mol. The van der Waals surface area contributed by atoms with Crippen LogP contribution in [-0.4, -0.2) is 31.3 Å². The fourth-order valence-electron chi connectivity index (χ4n) is 2.19. The van der Waals surface area contributed by atoms with Gasteiger partial charge in [-0.25, -0.2) is 4.98 Å². The number of ether oxygens (including phenoxy) is 1. The highest BCUT2D eigenvalue weighted by Crippen LogP contribution is 2.28. The topological polar surface area (TPSA) is 78.7 Å². The zero-order valence-corrected chi connectivity index (χ0v) is 16.6. The average molecular weight is 416 g/mol. The Hall–Kier alpha value is -1.09. The van der Waals surface area contributed by atoms with Gasteiger partial charge in [-0.2, -0.15) is 0 Å². The minimum absolute atomic E-state index is 0.0780. The summed E-state index contributed by atoms with van der Waals surface area (Å²) >= 11 is 2.13. The zero-order valence-electron chi connectivity index (χ0n) is 14.2. The molecule has 0 saturated heterocycles. The standard InChI is InChI=1S/C16H22BrN3O3S/c1-5-23-14(21)9-13(19-24(22)16(2,3)4)12-8-11(17)10-20-7-6-18-15(12)20/h6-8,10,13,19H,5,9H2,1-4H3. The second-order valence-electron chi connectivity index (χ2n) is 6.33.